The second-order valence-electron chi connectivity index (χ2n) is 3.50. The van der Waals surface area contributed by atoms with Crippen LogP contribution in [0.2, 0.25) is 5.02 Å². The smallest absolute Gasteiger partial charge is 0.125 e. The average Bonchev–Trinajstić information content (AvgIpc) is 2.16. The molecule has 0 aliphatic carbocycles. The molecule has 2 nitrogen and oxygen atoms in total. The summed E-state index contributed by atoms with van der Waals surface area (Å²) in [5.41, 5.74) is 1.82. The van der Waals surface area contributed by atoms with Crippen molar-refractivity contribution in [2.24, 2.45) is 0 Å². The minimum Gasteiger partial charge on any atom is -0.496 e. The van der Waals surface area contributed by atoms with Crippen LogP contribution in [0.1, 0.15) is 30.9 Å². The lowest BCUT2D eigenvalue weighted by Crippen LogP contribution is -1.96. The summed E-state index contributed by atoms with van der Waals surface area (Å²) in [6, 6.07) is 3.65. The van der Waals surface area contributed by atoms with Crippen molar-refractivity contribution in [2.75, 3.05) is 7.11 Å². The van der Waals surface area contributed by atoms with Crippen LogP contribution in [0.5, 0.6) is 5.75 Å². The largest absolute Gasteiger partial charge is 0.496 e. The summed E-state index contributed by atoms with van der Waals surface area (Å²) in [6.45, 7) is 4.10. The first kappa shape index (κ1) is 11.3. The fraction of sp³-hybridized carbons (Fsp3) is 0.455. The zero-order valence-corrected chi connectivity index (χ0v) is 9.43. The van der Waals surface area contributed by atoms with Crippen molar-refractivity contribution >= 4 is 11.6 Å². The van der Waals surface area contributed by atoms with Gasteiger partial charge in [-0.2, -0.15) is 0 Å². The molecule has 1 rings (SSSR count). The number of aliphatic hydroxyl groups is 1. The van der Waals surface area contributed by atoms with Crippen LogP contribution in [-0.4, -0.2) is 12.2 Å². The average molecular weight is 215 g/mol. The molecule has 1 N–H and O–H groups in total. The van der Waals surface area contributed by atoms with Gasteiger partial charge in [-0.3, -0.25) is 0 Å². The van der Waals surface area contributed by atoms with Gasteiger partial charge in [-0.25, -0.2) is 0 Å². The van der Waals surface area contributed by atoms with Gasteiger partial charge in [0, 0.05) is 10.6 Å². The van der Waals surface area contributed by atoms with Gasteiger partial charge in [-0.15, -0.1) is 0 Å². The summed E-state index contributed by atoms with van der Waals surface area (Å²) in [5.74, 6) is 0.987. The highest BCUT2D eigenvalue weighted by Gasteiger charge is 2.10. The number of benzene rings is 1. The summed E-state index contributed by atoms with van der Waals surface area (Å²) in [6.07, 6.45) is 0. The van der Waals surface area contributed by atoms with Crippen LogP contribution in [0, 0.1) is 0 Å². The van der Waals surface area contributed by atoms with Crippen molar-refractivity contribution in [1.29, 1.82) is 0 Å². The highest BCUT2D eigenvalue weighted by atomic mass is 35.5. The Morgan fingerprint density at radius 3 is 2.50 bits per heavy atom. The van der Waals surface area contributed by atoms with E-state index in [9.17, 15) is 0 Å². The lowest BCUT2D eigenvalue weighted by atomic mass is 10.0. The van der Waals surface area contributed by atoms with Crippen LogP contribution in [0.25, 0.3) is 0 Å². The van der Waals surface area contributed by atoms with Crippen molar-refractivity contribution in [3.05, 3.63) is 28.3 Å². The molecule has 0 bridgehead atoms. The fourth-order valence-electron chi connectivity index (χ4n) is 1.37. The quantitative estimate of drug-likeness (QED) is 0.839. The normalized spacial score (nSPS) is 10.7. The van der Waals surface area contributed by atoms with Crippen molar-refractivity contribution in [1.82, 2.24) is 0 Å². The summed E-state index contributed by atoms with van der Waals surface area (Å²) in [4.78, 5) is 0. The lowest BCUT2D eigenvalue weighted by molar-refractivity contribution is 0.273. The zero-order valence-electron chi connectivity index (χ0n) is 8.67. The maximum Gasteiger partial charge on any atom is 0.125 e. The fourth-order valence-corrected chi connectivity index (χ4v) is 1.75. The number of halogens is 1. The number of hydrogen-bond acceptors (Lipinski definition) is 2. The number of hydrogen-bond donors (Lipinski definition) is 1. The lowest BCUT2D eigenvalue weighted by Gasteiger charge is -2.13. The highest BCUT2D eigenvalue weighted by molar-refractivity contribution is 6.31. The first-order chi connectivity index (χ1) is 6.60. The molecule has 0 unspecified atom stereocenters. The van der Waals surface area contributed by atoms with Gasteiger partial charge in [0.05, 0.1) is 13.7 Å². The first-order valence-electron chi connectivity index (χ1n) is 4.57. The summed E-state index contributed by atoms with van der Waals surface area (Å²) < 4.78 is 5.11. The van der Waals surface area contributed by atoms with E-state index in [1.54, 1.807) is 13.2 Å². The Morgan fingerprint density at radius 1 is 1.43 bits per heavy atom. The van der Waals surface area contributed by atoms with Crippen LogP contribution in [0.4, 0.5) is 0 Å². The predicted molar refractivity (Wildman–Crippen MR) is 58.0 cm³/mol. The van der Waals surface area contributed by atoms with E-state index in [0.717, 1.165) is 11.1 Å². The van der Waals surface area contributed by atoms with Crippen LogP contribution in [0.3, 0.4) is 0 Å². The van der Waals surface area contributed by atoms with Crippen LogP contribution in [-0.2, 0) is 6.61 Å². The Balaban J connectivity index is 3.23. The molecule has 0 saturated heterocycles. The first-order valence-corrected chi connectivity index (χ1v) is 4.95. The molecule has 0 fully saturated rings. The maximum absolute atomic E-state index is 9.12. The van der Waals surface area contributed by atoms with Gasteiger partial charge in [0.1, 0.15) is 5.75 Å². The highest BCUT2D eigenvalue weighted by Crippen LogP contribution is 2.31. The van der Waals surface area contributed by atoms with E-state index >= 15 is 0 Å². The zero-order chi connectivity index (χ0) is 10.7. The van der Waals surface area contributed by atoms with Crippen molar-refractivity contribution in [2.45, 2.75) is 26.4 Å². The Morgan fingerprint density at radius 2 is 2.07 bits per heavy atom. The minimum atomic E-state index is -0.0277. The van der Waals surface area contributed by atoms with E-state index in [1.807, 2.05) is 6.07 Å². The van der Waals surface area contributed by atoms with Crippen LogP contribution < -0.4 is 4.74 Å². The molecule has 0 aliphatic rings. The Hall–Kier alpha value is -0.730. The molecule has 0 aliphatic heterocycles. The van der Waals surface area contributed by atoms with Gasteiger partial charge in [0.15, 0.2) is 0 Å². The molecular formula is C11H15ClO2. The van der Waals surface area contributed by atoms with E-state index in [4.69, 9.17) is 21.4 Å². The summed E-state index contributed by atoms with van der Waals surface area (Å²) in [5, 5.41) is 9.81. The van der Waals surface area contributed by atoms with Gasteiger partial charge >= 0.3 is 0 Å². The number of ether oxygens (including phenoxy) is 1. The standard InChI is InChI=1S/C11H15ClO2/c1-7(2)9-4-8(6-13)11(14-3)5-10(9)12/h4-5,7,13H,6H2,1-3H3. The van der Waals surface area contributed by atoms with E-state index < -0.39 is 0 Å². The van der Waals surface area contributed by atoms with Crippen molar-refractivity contribution < 1.29 is 9.84 Å². The maximum atomic E-state index is 9.12. The molecule has 1 aromatic carbocycles. The third kappa shape index (κ3) is 2.20. The van der Waals surface area contributed by atoms with Crippen molar-refractivity contribution in [3.8, 4) is 5.75 Å². The molecule has 3 heteroatoms. The molecule has 0 heterocycles. The van der Waals surface area contributed by atoms with Crippen LogP contribution in [0.15, 0.2) is 12.1 Å². The monoisotopic (exact) mass is 214 g/mol. The molecule has 0 radical (unpaired) electrons. The Labute approximate surface area is 89.5 Å². The van der Waals surface area contributed by atoms with E-state index in [2.05, 4.69) is 13.8 Å². The number of methoxy groups -OCH3 is 1. The van der Waals surface area contributed by atoms with Crippen LogP contribution >= 0.6 is 11.6 Å². The minimum absolute atomic E-state index is 0.0277. The molecular weight excluding hydrogens is 200 g/mol. The molecule has 0 amide bonds. The SMILES string of the molecule is COc1cc(Cl)c(C(C)C)cc1CO. The summed E-state index contributed by atoms with van der Waals surface area (Å²) >= 11 is 6.07. The third-order valence-corrected chi connectivity index (χ3v) is 2.52. The summed E-state index contributed by atoms with van der Waals surface area (Å²) in [7, 11) is 1.57. The second-order valence-corrected chi connectivity index (χ2v) is 3.91. The van der Waals surface area contributed by atoms with Gasteiger partial charge in [-0.05, 0) is 23.6 Å². The van der Waals surface area contributed by atoms with Gasteiger partial charge < -0.3 is 9.84 Å². The number of rotatable bonds is 3. The topological polar surface area (TPSA) is 29.5 Å². The van der Waals surface area contributed by atoms with E-state index in [0.29, 0.717) is 16.7 Å². The molecule has 0 atom stereocenters. The third-order valence-electron chi connectivity index (χ3n) is 2.19. The molecule has 78 valence electrons. The second kappa shape index (κ2) is 4.67. The molecule has 0 saturated carbocycles. The van der Waals surface area contributed by atoms with Crippen molar-refractivity contribution in [3.63, 3.8) is 0 Å². The predicted octanol–water partition coefficient (Wildman–Crippen LogP) is 2.96. The molecule has 1 aromatic rings. The molecule has 0 spiro atoms. The van der Waals surface area contributed by atoms with Gasteiger partial charge in [0.2, 0.25) is 0 Å². The Kier molecular flexibility index (Phi) is 3.78. The number of aliphatic hydroxyl groups excluding tert-OH is 1. The molecule has 14 heavy (non-hydrogen) atoms. The van der Waals surface area contributed by atoms with E-state index in [-0.39, 0.29) is 6.61 Å². The Bertz CT molecular complexity index is 321. The van der Waals surface area contributed by atoms with Gasteiger partial charge in [0.25, 0.3) is 0 Å². The van der Waals surface area contributed by atoms with Gasteiger partial charge in [-0.1, -0.05) is 25.4 Å². The molecule has 0 aromatic heterocycles. The van der Waals surface area contributed by atoms with E-state index in [1.165, 1.54) is 0 Å².